The van der Waals surface area contributed by atoms with Crippen LogP contribution in [0.15, 0.2) is 41.3 Å². The number of hydrogen-bond donors (Lipinski definition) is 2. The van der Waals surface area contributed by atoms with Crippen molar-refractivity contribution < 1.29 is 18.0 Å². The highest BCUT2D eigenvalue weighted by Crippen LogP contribution is 2.29. The molecule has 0 aliphatic carbocycles. The standard InChI is InChI=1S/C17H14F3N5O2/c1-9-3-5-12(6-4-9)25-10(2)14(23-24-25)16(27)22-13-7-11(17(18,19)20)8-21-15(13)26/h3-8H,1-2H3,(H,21,26)(H,22,27). The number of aryl methyl sites for hydroxylation is 1. The van der Waals surface area contributed by atoms with Gasteiger partial charge in [0.2, 0.25) is 0 Å². The summed E-state index contributed by atoms with van der Waals surface area (Å²) in [6.45, 7) is 3.51. The van der Waals surface area contributed by atoms with E-state index in [2.05, 4.69) is 15.6 Å². The van der Waals surface area contributed by atoms with Crippen LogP contribution in [0.25, 0.3) is 5.69 Å². The third kappa shape index (κ3) is 3.73. The molecule has 0 saturated heterocycles. The largest absolute Gasteiger partial charge is 0.417 e. The molecule has 0 aliphatic rings. The molecule has 0 saturated carbocycles. The van der Waals surface area contributed by atoms with Crippen molar-refractivity contribution >= 4 is 11.6 Å². The molecule has 2 heterocycles. The van der Waals surface area contributed by atoms with E-state index in [-0.39, 0.29) is 5.69 Å². The van der Waals surface area contributed by atoms with Gasteiger partial charge in [-0.15, -0.1) is 5.10 Å². The highest BCUT2D eigenvalue weighted by molar-refractivity contribution is 6.03. The van der Waals surface area contributed by atoms with Gasteiger partial charge in [0.1, 0.15) is 5.69 Å². The van der Waals surface area contributed by atoms with Gasteiger partial charge in [-0.2, -0.15) is 13.2 Å². The van der Waals surface area contributed by atoms with Gasteiger partial charge in [0, 0.05) is 6.20 Å². The van der Waals surface area contributed by atoms with E-state index in [1.165, 1.54) is 4.68 Å². The second kappa shape index (κ2) is 6.71. The number of aromatic amines is 1. The third-order valence-corrected chi connectivity index (χ3v) is 3.87. The molecule has 1 amide bonds. The highest BCUT2D eigenvalue weighted by atomic mass is 19.4. The van der Waals surface area contributed by atoms with Crippen LogP contribution in [0.5, 0.6) is 0 Å². The molecule has 0 radical (unpaired) electrons. The lowest BCUT2D eigenvalue weighted by Crippen LogP contribution is -2.22. The van der Waals surface area contributed by atoms with Gasteiger partial charge in [0.15, 0.2) is 5.69 Å². The van der Waals surface area contributed by atoms with Gasteiger partial charge in [-0.05, 0) is 32.0 Å². The van der Waals surface area contributed by atoms with Crippen molar-refractivity contribution in [3.05, 3.63) is 69.4 Å². The fourth-order valence-electron chi connectivity index (χ4n) is 2.39. The Hall–Kier alpha value is -3.43. The van der Waals surface area contributed by atoms with Gasteiger partial charge in [0.25, 0.3) is 11.5 Å². The molecule has 0 bridgehead atoms. The topological polar surface area (TPSA) is 92.7 Å². The summed E-state index contributed by atoms with van der Waals surface area (Å²) in [7, 11) is 0. The van der Waals surface area contributed by atoms with Crippen LogP contribution >= 0.6 is 0 Å². The molecular formula is C17H14F3N5O2. The number of nitrogens with zero attached hydrogens (tertiary/aromatic N) is 3. The number of benzene rings is 1. The quantitative estimate of drug-likeness (QED) is 0.734. The maximum atomic E-state index is 12.8. The van der Waals surface area contributed by atoms with Crippen LogP contribution in [-0.4, -0.2) is 25.9 Å². The Balaban J connectivity index is 1.90. The molecule has 0 atom stereocenters. The number of halogens is 3. The predicted molar refractivity (Wildman–Crippen MR) is 90.9 cm³/mol. The zero-order valence-corrected chi connectivity index (χ0v) is 14.3. The summed E-state index contributed by atoms with van der Waals surface area (Å²) in [5, 5.41) is 9.83. The Bertz CT molecular complexity index is 1050. The molecular weight excluding hydrogens is 363 g/mol. The molecule has 27 heavy (non-hydrogen) atoms. The first kappa shape index (κ1) is 18.4. The number of alkyl halides is 3. The summed E-state index contributed by atoms with van der Waals surface area (Å²) < 4.78 is 39.8. The van der Waals surface area contributed by atoms with Crippen LogP contribution in [0.4, 0.5) is 18.9 Å². The molecule has 3 rings (SSSR count). The molecule has 2 aromatic heterocycles. The Morgan fingerprint density at radius 3 is 2.48 bits per heavy atom. The summed E-state index contributed by atoms with van der Waals surface area (Å²) in [5.41, 5.74) is -0.497. The average molecular weight is 377 g/mol. The van der Waals surface area contributed by atoms with E-state index in [1.54, 1.807) is 19.1 Å². The van der Waals surface area contributed by atoms with Crippen LogP contribution in [0, 0.1) is 13.8 Å². The number of nitrogens with one attached hydrogen (secondary N) is 2. The van der Waals surface area contributed by atoms with Gasteiger partial charge >= 0.3 is 6.18 Å². The first-order valence-electron chi connectivity index (χ1n) is 7.77. The summed E-state index contributed by atoms with van der Waals surface area (Å²) in [6, 6.07) is 7.86. The van der Waals surface area contributed by atoms with Gasteiger partial charge in [-0.3, -0.25) is 9.59 Å². The Morgan fingerprint density at radius 1 is 1.19 bits per heavy atom. The Labute approximate surface area is 150 Å². The van der Waals surface area contributed by atoms with Crippen molar-refractivity contribution in [2.45, 2.75) is 20.0 Å². The first-order chi connectivity index (χ1) is 12.7. The number of carbonyl (C=O) groups excluding carboxylic acids is 1. The number of aromatic nitrogens is 4. The van der Waals surface area contributed by atoms with E-state index in [4.69, 9.17) is 0 Å². The fraction of sp³-hybridized carbons (Fsp3) is 0.176. The Kier molecular flexibility index (Phi) is 4.56. The number of pyridine rings is 1. The van der Waals surface area contributed by atoms with Gasteiger partial charge < -0.3 is 10.3 Å². The normalized spacial score (nSPS) is 11.4. The smallest absolute Gasteiger partial charge is 0.327 e. The van der Waals surface area contributed by atoms with Gasteiger partial charge in [-0.1, -0.05) is 22.9 Å². The zero-order valence-electron chi connectivity index (χ0n) is 14.3. The second-order valence-electron chi connectivity index (χ2n) is 5.85. The minimum absolute atomic E-state index is 0.104. The number of hydrogen-bond acceptors (Lipinski definition) is 4. The highest BCUT2D eigenvalue weighted by Gasteiger charge is 2.31. The Morgan fingerprint density at radius 2 is 1.85 bits per heavy atom. The van der Waals surface area contributed by atoms with E-state index in [0.717, 1.165) is 5.56 Å². The molecule has 0 fully saturated rings. The fourth-order valence-corrected chi connectivity index (χ4v) is 2.39. The minimum Gasteiger partial charge on any atom is -0.327 e. The number of rotatable bonds is 3. The van der Waals surface area contributed by atoms with E-state index < -0.39 is 28.9 Å². The molecule has 10 heteroatoms. The van der Waals surface area contributed by atoms with Crippen molar-refractivity contribution in [1.82, 2.24) is 20.0 Å². The van der Waals surface area contributed by atoms with Crippen LogP contribution in [0.2, 0.25) is 0 Å². The molecule has 0 unspecified atom stereocenters. The maximum Gasteiger partial charge on any atom is 0.417 e. The summed E-state index contributed by atoms with van der Waals surface area (Å²) >= 11 is 0. The summed E-state index contributed by atoms with van der Waals surface area (Å²) in [6.07, 6.45) is -4.12. The molecule has 7 nitrogen and oxygen atoms in total. The summed E-state index contributed by atoms with van der Waals surface area (Å²) in [4.78, 5) is 26.1. The van der Waals surface area contributed by atoms with Crippen LogP contribution in [0.3, 0.4) is 0 Å². The van der Waals surface area contributed by atoms with Gasteiger partial charge in [0.05, 0.1) is 16.9 Å². The number of carbonyl (C=O) groups is 1. The van der Waals surface area contributed by atoms with E-state index in [1.807, 2.05) is 24.0 Å². The number of anilines is 1. The molecule has 0 spiro atoms. The lowest BCUT2D eigenvalue weighted by molar-refractivity contribution is -0.137. The SMILES string of the molecule is Cc1ccc(-n2nnc(C(=O)Nc3cc(C(F)(F)F)c[nH]c3=O)c2C)cc1. The summed E-state index contributed by atoms with van der Waals surface area (Å²) in [5.74, 6) is -0.837. The molecule has 140 valence electrons. The monoisotopic (exact) mass is 377 g/mol. The van der Waals surface area contributed by atoms with Crippen molar-refractivity contribution in [1.29, 1.82) is 0 Å². The van der Waals surface area contributed by atoms with E-state index >= 15 is 0 Å². The van der Waals surface area contributed by atoms with Crippen molar-refractivity contribution in [3.8, 4) is 5.69 Å². The van der Waals surface area contributed by atoms with Crippen molar-refractivity contribution in [2.24, 2.45) is 0 Å². The van der Waals surface area contributed by atoms with Crippen molar-refractivity contribution in [3.63, 3.8) is 0 Å². The van der Waals surface area contributed by atoms with Crippen LogP contribution < -0.4 is 10.9 Å². The third-order valence-electron chi connectivity index (χ3n) is 3.87. The van der Waals surface area contributed by atoms with E-state index in [9.17, 15) is 22.8 Å². The zero-order chi connectivity index (χ0) is 19.8. The van der Waals surface area contributed by atoms with Crippen LogP contribution in [0.1, 0.15) is 27.3 Å². The van der Waals surface area contributed by atoms with E-state index in [0.29, 0.717) is 23.6 Å². The molecule has 1 aromatic carbocycles. The first-order valence-corrected chi connectivity index (χ1v) is 7.77. The predicted octanol–water partition coefficient (Wildman–Crippen LogP) is 2.84. The maximum absolute atomic E-state index is 12.8. The molecule has 2 N–H and O–H groups in total. The van der Waals surface area contributed by atoms with Crippen molar-refractivity contribution in [2.75, 3.05) is 5.32 Å². The lowest BCUT2D eigenvalue weighted by atomic mass is 10.2. The lowest BCUT2D eigenvalue weighted by Gasteiger charge is -2.09. The number of amides is 1. The average Bonchev–Trinajstić information content (AvgIpc) is 2.98. The minimum atomic E-state index is -4.66. The molecule has 0 aliphatic heterocycles. The van der Waals surface area contributed by atoms with Crippen LogP contribution in [-0.2, 0) is 6.18 Å². The molecule has 3 aromatic rings. The second-order valence-corrected chi connectivity index (χ2v) is 5.85. The number of H-pyrrole nitrogens is 1. The van der Waals surface area contributed by atoms with Gasteiger partial charge in [-0.25, -0.2) is 4.68 Å².